The van der Waals surface area contributed by atoms with Crippen molar-refractivity contribution in [1.29, 1.82) is 0 Å². The molecule has 2 heterocycles. The highest BCUT2D eigenvalue weighted by Crippen LogP contribution is 2.20. The molecule has 0 radical (unpaired) electrons. The number of halogens is 1. The predicted molar refractivity (Wildman–Crippen MR) is 117 cm³/mol. The zero-order valence-electron chi connectivity index (χ0n) is 17.4. The van der Waals surface area contributed by atoms with Gasteiger partial charge in [-0.2, -0.15) is 0 Å². The van der Waals surface area contributed by atoms with Gasteiger partial charge in [0.2, 0.25) is 0 Å². The molecule has 0 amide bonds. The summed E-state index contributed by atoms with van der Waals surface area (Å²) in [6.45, 7) is 4.13. The Morgan fingerprint density at radius 2 is 1.91 bits per heavy atom. The van der Waals surface area contributed by atoms with Crippen LogP contribution in [-0.4, -0.2) is 35.4 Å². The van der Waals surface area contributed by atoms with Crippen LogP contribution in [0.2, 0.25) is 0 Å². The number of benzene rings is 1. The number of nitrogens with two attached hydrogens (primary N) is 1. The second-order valence-electron chi connectivity index (χ2n) is 6.72. The van der Waals surface area contributed by atoms with Crippen LogP contribution in [0.15, 0.2) is 51.7 Å². The van der Waals surface area contributed by atoms with Crippen molar-refractivity contribution in [3.8, 4) is 5.75 Å². The van der Waals surface area contributed by atoms with Gasteiger partial charge < -0.3 is 10.5 Å². The number of ether oxygens (including phenoxy) is 1. The Kier molecular flexibility index (Phi) is 6.93. The molecule has 12 heteroatoms. The number of nitrogen functional groups attached to an aromatic ring is 1. The zero-order chi connectivity index (χ0) is 23.4. The van der Waals surface area contributed by atoms with Crippen LogP contribution in [-0.2, 0) is 27.2 Å². The molecule has 0 aliphatic heterocycles. The first-order chi connectivity index (χ1) is 15.2. The Labute approximate surface area is 186 Å². The van der Waals surface area contributed by atoms with E-state index in [9.17, 15) is 18.8 Å². The minimum atomic E-state index is -0.753. The van der Waals surface area contributed by atoms with E-state index in [1.165, 1.54) is 38.4 Å². The first-order valence-electron chi connectivity index (χ1n) is 9.37. The molecular formula is C20H21FN6O4S. The lowest BCUT2D eigenvalue weighted by atomic mass is 10.2. The molecule has 2 N–H and O–H groups in total. The molecule has 10 nitrogen and oxygen atoms in total. The van der Waals surface area contributed by atoms with Gasteiger partial charge in [0.25, 0.3) is 5.56 Å². The van der Waals surface area contributed by atoms with Crippen molar-refractivity contribution in [2.45, 2.75) is 18.3 Å². The molecule has 2 aromatic heterocycles. The summed E-state index contributed by atoms with van der Waals surface area (Å²) in [6, 6.07) is 5.56. The lowest BCUT2D eigenvalue weighted by molar-refractivity contribution is 0.102. The number of Topliss-reactive ketones (excluding diaryl/α,β-unsaturated/α-hetero) is 1. The number of carbonyl (C=O) groups excluding carboxylic acids is 1. The third-order valence-corrected chi connectivity index (χ3v) is 5.57. The summed E-state index contributed by atoms with van der Waals surface area (Å²) >= 11 is 1.06. The number of aromatic nitrogens is 5. The van der Waals surface area contributed by atoms with Gasteiger partial charge in [-0.25, -0.2) is 9.18 Å². The van der Waals surface area contributed by atoms with E-state index in [0.717, 1.165) is 20.9 Å². The van der Waals surface area contributed by atoms with Gasteiger partial charge in [0.15, 0.2) is 16.8 Å². The fourth-order valence-corrected chi connectivity index (χ4v) is 3.69. The maximum absolute atomic E-state index is 13.0. The highest BCUT2D eigenvalue weighted by molar-refractivity contribution is 7.99. The maximum Gasteiger partial charge on any atom is 0.332 e. The van der Waals surface area contributed by atoms with E-state index in [4.69, 9.17) is 10.5 Å². The van der Waals surface area contributed by atoms with Crippen LogP contribution in [0.3, 0.4) is 0 Å². The molecule has 0 saturated carbocycles. The second kappa shape index (κ2) is 9.64. The summed E-state index contributed by atoms with van der Waals surface area (Å²) in [5, 5.41) is 8.59. The van der Waals surface area contributed by atoms with Crippen molar-refractivity contribution in [2.75, 3.05) is 11.5 Å². The minimum absolute atomic E-state index is 0.0647. The smallest absolute Gasteiger partial charge is 0.332 e. The maximum atomic E-state index is 13.0. The number of rotatable bonds is 9. The molecule has 0 aliphatic rings. The summed E-state index contributed by atoms with van der Waals surface area (Å²) in [6.07, 6.45) is 1.64. The largest absolute Gasteiger partial charge is 0.486 e. The van der Waals surface area contributed by atoms with Gasteiger partial charge in [-0.1, -0.05) is 17.8 Å². The van der Waals surface area contributed by atoms with Crippen molar-refractivity contribution >= 4 is 23.4 Å². The van der Waals surface area contributed by atoms with E-state index >= 15 is 0 Å². The number of ketones is 1. The fraction of sp³-hybridized carbons (Fsp3) is 0.250. The number of carbonyl (C=O) groups is 1. The predicted octanol–water partition coefficient (Wildman–Crippen LogP) is 1.14. The molecule has 3 rings (SSSR count). The number of thioether (sulfide) groups is 1. The van der Waals surface area contributed by atoms with E-state index in [0.29, 0.717) is 23.3 Å². The second-order valence-corrected chi connectivity index (χ2v) is 7.66. The number of hydrogen-bond donors (Lipinski definition) is 1. The van der Waals surface area contributed by atoms with Crippen LogP contribution >= 0.6 is 11.8 Å². The molecule has 1 aromatic carbocycles. The SMILES string of the molecule is C=CCn1c(COc2ccc(F)cc2)nnc1SCC(=O)c1c(N)n(C)c(=O)n(C)c1=O. The van der Waals surface area contributed by atoms with E-state index in [2.05, 4.69) is 16.8 Å². The highest BCUT2D eigenvalue weighted by Gasteiger charge is 2.22. The number of anilines is 1. The molecule has 0 bridgehead atoms. The minimum Gasteiger partial charge on any atom is -0.486 e. The molecule has 0 saturated heterocycles. The zero-order valence-corrected chi connectivity index (χ0v) is 18.3. The standard InChI is InChI=1S/C20H21FN6O4S/c1-4-9-27-15(10-31-13-7-5-12(21)6-8-13)23-24-19(27)32-11-14(28)16-17(22)25(2)20(30)26(3)18(16)29/h4-8H,1,9-11,22H2,2-3H3. The molecule has 32 heavy (non-hydrogen) atoms. The van der Waals surface area contributed by atoms with Crippen molar-refractivity contribution in [3.05, 3.63) is 75.0 Å². The first-order valence-corrected chi connectivity index (χ1v) is 10.4. The van der Waals surface area contributed by atoms with Crippen LogP contribution in [0.4, 0.5) is 10.2 Å². The van der Waals surface area contributed by atoms with Gasteiger partial charge in [-0.3, -0.25) is 23.3 Å². The number of nitrogens with zero attached hydrogens (tertiary/aromatic N) is 5. The summed E-state index contributed by atoms with van der Waals surface area (Å²) in [4.78, 5) is 37.0. The van der Waals surface area contributed by atoms with Gasteiger partial charge in [-0.15, -0.1) is 16.8 Å². The van der Waals surface area contributed by atoms with Gasteiger partial charge in [0.05, 0.1) is 5.75 Å². The molecule has 168 valence electrons. The Morgan fingerprint density at radius 1 is 1.22 bits per heavy atom. The van der Waals surface area contributed by atoms with E-state index in [1.807, 2.05) is 0 Å². The summed E-state index contributed by atoms with van der Waals surface area (Å²) in [7, 11) is 2.66. The molecule has 0 fully saturated rings. The number of hydrogen-bond acceptors (Lipinski definition) is 8. The normalized spacial score (nSPS) is 10.8. The number of allylic oxidation sites excluding steroid dienone is 1. The average molecular weight is 460 g/mol. The summed E-state index contributed by atoms with van der Waals surface area (Å²) in [5.74, 6) is -0.312. The summed E-state index contributed by atoms with van der Waals surface area (Å²) < 4.78 is 22.2. The van der Waals surface area contributed by atoms with E-state index in [1.54, 1.807) is 10.6 Å². The van der Waals surface area contributed by atoms with Gasteiger partial charge >= 0.3 is 5.69 Å². The average Bonchev–Trinajstić information content (AvgIpc) is 3.16. The third kappa shape index (κ3) is 4.64. The molecule has 0 aliphatic carbocycles. The monoisotopic (exact) mass is 460 g/mol. The van der Waals surface area contributed by atoms with E-state index in [-0.39, 0.29) is 29.6 Å². The van der Waals surface area contributed by atoms with Crippen LogP contribution in [0, 0.1) is 5.82 Å². The molecule has 0 atom stereocenters. The Morgan fingerprint density at radius 3 is 2.56 bits per heavy atom. The quantitative estimate of drug-likeness (QED) is 0.286. The first kappa shape index (κ1) is 23.0. The Hall–Kier alpha value is -3.67. The fourth-order valence-electron chi connectivity index (χ4n) is 2.85. The van der Waals surface area contributed by atoms with Crippen molar-refractivity contribution < 1.29 is 13.9 Å². The van der Waals surface area contributed by atoms with E-state index < -0.39 is 17.0 Å². The van der Waals surface area contributed by atoms with Crippen molar-refractivity contribution in [1.82, 2.24) is 23.9 Å². The van der Waals surface area contributed by atoms with Crippen LogP contribution in [0.25, 0.3) is 0 Å². The summed E-state index contributed by atoms with van der Waals surface area (Å²) in [5.41, 5.74) is 4.22. The Balaban J connectivity index is 1.77. The van der Waals surface area contributed by atoms with Crippen molar-refractivity contribution in [3.63, 3.8) is 0 Å². The van der Waals surface area contributed by atoms with Gasteiger partial charge in [0, 0.05) is 20.6 Å². The van der Waals surface area contributed by atoms with Crippen LogP contribution in [0.5, 0.6) is 5.75 Å². The van der Waals surface area contributed by atoms with Crippen molar-refractivity contribution in [2.24, 2.45) is 14.1 Å². The highest BCUT2D eigenvalue weighted by atomic mass is 32.2. The lowest BCUT2D eigenvalue weighted by Crippen LogP contribution is -2.41. The lowest BCUT2D eigenvalue weighted by Gasteiger charge is -2.11. The topological polar surface area (TPSA) is 127 Å². The molecule has 0 unspecified atom stereocenters. The molecule has 0 spiro atoms. The van der Waals surface area contributed by atoms with Gasteiger partial charge in [-0.05, 0) is 24.3 Å². The van der Waals surface area contributed by atoms with Crippen LogP contribution in [0.1, 0.15) is 16.2 Å². The Bertz CT molecular complexity index is 1280. The molecule has 3 aromatic rings. The molecular weight excluding hydrogens is 439 g/mol. The van der Waals surface area contributed by atoms with Gasteiger partial charge in [0.1, 0.15) is 29.6 Å². The third-order valence-electron chi connectivity index (χ3n) is 4.61. The van der Waals surface area contributed by atoms with Crippen LogP contribution < -0.4 is 21.7 Å².